The minimum absolute atomic E-state index is 0.0760. The van der Waals surface area contributed by atoms with Crippen molar-refractivity contribution in [3.8, 4) is 0 Å². The fourth-order valence-corrected chi connectivity index (χ4v) is 4.25. The van der Waals surface area contributed by atoms with Gasteiger partial charge in [0.05, 0.1) is 0 Å². The summed E-state index contributed by atoms with van der Waals surface area (Å²) in [7, 11) is 0. The number of amides is 4. The van der Waals surface area contributed by atoms with E-state index >= 15 is 0 Å². The number of hydrogen-bond donors (Lipinski definition) is 1. The summed E-state index contributed by atoms with van der Waals surface area (Å²) in [5, 5.41) is 4.71. The van der Waals surface area contributed by atoms with Crippen LogP contribution in [0.3, 0.4) is 0 Å². The first-order valence-electron chi connectivity index (χ1n) is 10.8. The molecule has 1 N–H and O–H groups in total. The lowest BCUT2D eigenvalue weighted by atomic mass is 9.88. The Kier molecular flexibility index (Phi) is 5.70. The maximum Gasteiger partial charge on any atom is 0.325 e. The SMILES string of the molecule is CC(C)N(Cc1ccccc1)C(=O)CN1C(=O)N[C@@](C)(c2cccc3ccccc23)C1=O. The summed E-state index contributed by atoms with van der Waals surface area (Å²) in [6.45, 7) is 5.67. The molecule has 0 aliphatic carbocycles. The number of urea groups is 1. The molecular weight excluding hydrogens is 402 g/mol. The second-order valence-electron chi connectivity index (χ2n) is 8.57. The molecule has 0 spiro atoms. The molecule has 6 heteroatoms. The Morgan fingerprint density at radius 1 is 0.969 bits per heavy atom. The predicted octanol–water partition coefficient (Wildman–Crippen LogP) is 4.04. The summed E-state index contributed by atoms with van der Waals surface area (Å²) in [5.41, 5.74) is 0.474. The average Bonchev–Trinajstić information content (AvgIpc) is 3.01. The highest BCUT2D eigenvalue weighted by molar-refractivity contribution is 6.10. The molecule has 6 nitrogen and oxygen atoms in total. The molecule has 164 valence electrons. The van der Waals surface area contributed by atoms with Gasteiger partial charge in [-0.05, 0) is 42.7 Å². The van der Waals surface area contributed by atoms with E-state index < -0.39 is 17.5 Å². The van der Waals surface area contributed by atoms with Crippen LogP contribution in [0.4, 0.5) is 4.79 Å². The maximum atomic E-state index is 13.4. The largest absolute Gasteiger partial charge is 0.334 e. The Labute approximate surface area is 187 Å². The first-order chi connectivity index (χ1) is 15.3. The van der Waals surface area contributed by atoms with Crippen LogP contribution in [-0.4, -0.2) is 40.2 Å². The molecule has 1 saturated heterocycles. The van der Waals surface area contributed by atoms with E-state index in [0.29, 0.717) is 12.1 Å². The van der Waals surface area contributed by atoms with E-state index in [1.807, 2.05) is 86.6 Å². The van der Waals surface area contributed by atoms with Crippen LogP contribution in [0.2, 0.25) is 0 Å². The molecule has 0 unspecified atom stereocenters. The van der Waals surface area contributed by atoms with Crippen LogP contribution in [0.15, 0.2) is 72.8 Å². The molecule has 1 aliphatic rings. The monoisotopic (exact) mass is 429 g/mol. The summed E-state index contributed by atoms with van der Waals surface area (Å²) in [6, 6.07) is 22.5. The molecule has 1 fully saturated rings. The number of imide groups is 1. The predicted molar refractivity (Wildman–Crippen MR) is 124 cm³/mol. The van der Waals surface area contributed by atoms with Crippen LogP contribution in [-0.2, 0) is 21.7 Å². The van der Waals surface area contributed by atoms with Crippen molar-refractivity contribution in [2.45, 2.75) is 38.9 Å². The molecule has 3 aromatic carbocycles. The van der Waals surface area contributed by atoms with Gasteiger partial charge in [-0.1, -0.05) is 72.8 Å². The van der Waals surface area contributed by atoms with Gasteiger partial charge in [-0.15, -0.1) is 0 Å². The van der Waals surface area contributed by atoms with E-state index in [0.717, 1.165) is 21.2 Å². The first-order valence-corrected chi connectivity index (χ1v) is 10.8. The van der Waals surface area contributed by atoms with E-state index in [2.05, 4.69) is 5.32 Å². The molecule has 4 rings (SSSR count). The van der Waals surface area contributed by atoms with Crippen LogP contribution in [0.25, 0.3) is 10.8 Å². The van der Waals surface area contributed by atoms with E-state index in [4.69, 9.17) is 0 Å². The topological polar surface area (TPSA) is 69.7 Å². The van der Waals surface area contributed by atoms with Crippen molar-refractivity contribution in [3.05, 3.63) is 83.9 Å². The van der Waals surface area contributed by atoms with Gasteiger partial charge in [-0.3, -0.25) is 14.5 Å². The Hall–Kier alpha value is -3.67. The Balaban J connectivity index is 1.59. The number of carbonyl (C=O) groups excluding carboxylic acids is 3. The number of nitrogens with one attached hydrogen (secondary N) is 1. The van der Waals surface area contributed by atoms with Gasteiger partial charge in [0.2, 0.25) is 5.91 Å². The minimum Gasteiger partial charge on any atom is -0.334 e. The van der Waals surface area contributed by atoms with Crippen molar-refractivity contribution in [1.82, 2.24) is 15.1 Å². The third kappa shape index (κ3) is 3.84. The Bertz CT molecular complexity index is 1170. The Morgan fingerprint density at radius 2 is 1.62 bits per heavy atom. The van der Waals surface area contributed by atoms with Crippen LogP contribution < -0.4 is 5.32 Å². The molecule has 3 aromatic rings. The van der Waals surface area contributed by atoms with Gasteiger partial charge >= 0.3 is 6.03 Å². The van der Waals surface area contributed by atoms with E-state index in [-0.39, 0.29) is 18.5 Å². The van der Waals surface area contributed by atoms with Gasteiger partial charge in [0, 0.05) is 12.6 Å². The maximum absolute atomic E-state index is 13.4. The number of hydrogen-bond acceptors (Lipinski definition) is 3. The molecule has 4 amide bonds. The number of nitrogens with zero attached hydrogens (tertiary/aromatic N) is 2. The summed E-state index contributed by atoms with van der Waals surface area (Å²) in [5.74, 6) is -0.690. The fraction of sp³-hybridized carbons (Fsp3) is 0.269. The second kappa shape index (κ2) is 8.46. The molecule has 0 radical (unpaired) electrons. The molecule has 0 aromatic heterocycles. The lowest BCUT2D eigenvalue weighted by Crippen LogP contribution is -2.46. The van der Waals surface area contributed by atoms with Crippen LogP contribution in [0.5, 0.6) is 0 Å². The third-order valence-electron chi connectivity index (χ3n) is 6.04. The number of rotatable bonds is 6. The molecule has 32 heavy (non-hydrogen) atoms. The van der Waals surface area contributed by atoms with Gasteiger partial charge in [0.15, 0.2) is 0 Å². The highest BCUT2D eigenvalue weighted by Gasteiger charge is 2.50. The van der Waals surface area contributed by atoms with Gasteiger partial charge < -0.3 is 10.2 Å². The van der Waals surface area contributed by atoms with Crippen molar-refractivity contribution in [1.29, 1.82) is 0 Å². The van der Waals surface area contributed by atoms with E-state index in [9.17, 15) is 14.4 Å². The van der Waals surface area contributed by atoms with Gasteiger partial charge in [-0.25, -0.2) is 4.79 Å². The second-order valence-corrected chi connectivity index (χ2v) is 8.57. The number of fused-ring (bicyclic) bond motifs is 1. The van der Waals surface area contributed by atoms with Crippen molar-refractivity contribution in [2.75, 3.05) is 6.54 Å². The van der Waals surface area contributed by atoms with E-state index in [1.165, 1.54) is 0 Å². The smallest absolute Gasteiger partial charge is 0.325 e. The quantitative estimate of drug-likeness (QED) is 0.601. The molecule has 0 saturated carbocycles. The van der Waals surface area contributed by atoms with Crippen molar-refractivity contribution in [3.63, 3.8) is 0 Å². The highest BCUT2D eigenvalue weighted by Crippen LogP contribution is 2.33. The number of carbonyl (C=O) groups is 3. The molecule has 1 atom stereocenters. The average molecular weight is 430 g/mol. The molecular formula is C26H27N3O3. The fourth-order valence-electron chi connectivity index (χ4n) is 4.25. The first kappa shape index (κ1) is 21.6. The van der Waals surface area contributed by atoms with Crippen LogP contribution in [0, 0.1) is 0 Å². The zero-order valence-corrected chi connectivity index (χ0v) is 18.5. The Morgan fingerprint density at radius 3 is 2.34 bits per heavy atom. The normalized spacial score (nSPS) is 18.3. The van der Waals surface area contributed by atoms with Crippen molar-refractivity contribution >= 4 is 28.6 Å². The number of benzene rings is 3. The summed E-state index contributed by atoms with van der Waals surface area (Å²) in [4.78, 5) is 42.1. The van der Waals surface area contributed by atoms with Gasteiger partial charge in [-0.2, -0.15) is 0 Å². The zero-order valence-electron chi connectivity index (χ0n) is 18.5. The van der Waals surface area contributed by atoms with Crippen molar-refractivity contribution < 1.29 is 14.4 Å². The van der Waals surface area contributed by atoms with Crippen molar-refractivity contribution in [2.24, 2.45) is 0 Å². The van der Waals surface area contributed by atoms with Gasteiger partial charge in [0.1, 0.15) is 12.1 Å². The lowest BCUT2D eigenvalue weighted by molar-refractivity contribution is -0.140. The summed E-state index contributed by atoms with van der Waals surface area (Å²) < 4.78 is 0. The van der Waals surface area contributed by atoms with Crippen LogP contribution >= 0.6 is 0 Å². The standard InChI is InChI=1S/C26H27N3O3/c1-18(2)28(16-19-10-5-4-6-11-19)23(30)17-29-24(31)26(3,27-25(29)32)22-15-9-13-20-12-7-8-14-21(20)22/h4-15,18H,16-17H2,1-3H3,(H,27,32)/t26-/m0/s1. The third-order valence-corrected chi connectivity index (χ3v) is 6.04. The summed E-state index contributed by atoms with van der Waals surface area (Å²) >= 11 is 0. The van der Waals surface area contributed by atoms with Gasteiger partial charge in [0.25, 0.3) is 5.91 Å². The lowest BCUT2D eigenvalue weighted by Gasteiger charge is -2.29. The molecule has 1 heterocycles. The molecule has 0 bridgehead atoms. The zero-order chi connectivity index (χ0) is 22.9. The molecule has 1 aliphatic heterocycles. The summed E-state index contributed by atoms with van der Waals surface area (Å²) in [6.07, 6.45) is 0. The van der Waals surface area contributed by atoms with E-state index in [1.54, 1.807) is 11.8 Å². The minimum atomic E-state index is -1.24. The van der Waals surface area contributed by atoms with Crippen LogP contribution in [0.1, 0.15) is 31.9 Å². The highest BCUT2D eigenvalue weighted by atomic mass is 16.2.